The maximum absolute atomic E-state index is 12.6. The Morgan fingerprint density at radius 3 is 2.75 bits per heavy atom. The quantitative estimate of drug-likeness (QED) is 0.776. The third-order valence-electron chi connectivity index (χ3n) is 2.96. The van der Waals surface area contributed by atoms with E-state index < -0.39 is 29.7 Å². The van der Waals surface area contributed by atoms with Crippen molar-refractivity contribution in [3.8, 4) is 0 Å². The number of hydrogen-bond donors (Lipinski definition) is 0. The largest absolute Gasteiger partial charge is 0.469 e. The van der Waals surface area contributed by atoms with Gasteiger partial charge in [0.1, 0.15) is 11.5 Å². The van der Waals surface area contributed by atoms with Crippen molar-refractivity contribution in [2.24, 2.45) is 5.92 Å². The lowest BCUT2D eigenvalue weighted by Gasteiger charge is -2.16. The van der Waals surface area contributed by atoms with Crippen LogP contribution >= 0.6 is 0 Å². The van der Waals surface area contributed by atoms with Gasteiger partial charge in [-0.15, -0.1) is 0 Å². The number of esters is 1. The van der Waals surface area contributed by atoms with Gasteiger partial charge in [-0.1, -0.05) is 6.07 Å². The van der Waals surface area contributed by atoms with Crippen molar-refractivity contribution in [3.05, 3.63) is 23.9 Å². The average molecular weight is 288 g/mol. The normalized spacial score (nSPS) is 19.3. The van der Waals surface area contributed by atoms with E-state index in [4.69, 9.17) is 0 Å². The first kappa shape index (κ1) is 14.3. The fourth-order valence-electron chi connectivity index (χ4n) is 1.99. The first-order valence-electron chi connectivity index (χ1n) is 5.75. The SMILES string of the molecule is COC(=O)C1CC(=O)N(c2cccc(C(F)(F)F)n2)C1. The third-order valence-corrected chi connectivity index (χ3v) is 2.96. The standard InChI is InChI=1S/C12H11F3N2O3/c1-20-11(19)7-5-10(18)17(6-7)9-4-2-3-8(16-9)12(13,14)15/h2-4,7H,5-6H2,1H3. The second-order valence-electron chi connectivity index (χ2n) is 4.31. The number of carbonyl (C=O) groups is 2. The number of methoxy groups -OCH3 is 1. The Morgan fingerprint density at radius 1 is 1.45 bits per heavy atom. The van der Waals surface area contributed by atoms with Crippen LogP contribution in [-0.2, 0) is 20.5 Å². The predicted molar refractivity (Wildman–Crippen MR) is 61.7 cm³/mol. The molecule has 0 N–H and O–H groups in total. The lowest BCUT2D eigenvalue weighted by Crippen LogP contribution is -2.27. The van der Waals surface area contributed by atoms with E-state index in [2.05, 4.69) is 9.72 Å². The van der Waals surface area contributed by atoms with Crippen LogP contribution in [0.1, 0.15) is 12.1 Å². The maximum Gasteiger partial charge on any atom is 0.433 e. The van der Waals surface area contributed by atoms with Crippen LogP contribution in [0, 0.1) is 5.92 Å². The Kier molecular flexibility index (Phi) is 3.65. The van der Waals surface area contributed by atoms with E-state index in [1.807, 2.05) is 0 Å². The van der Waals surface area contributed by atoms with Gasteiger partial charge in [-0.2, -0.15) is 13.2 Å². The molecule has 0 radical (unpaired) electrons. The molecule has 1 fully saturated rings. The second-order valence-corrected chi connectivity index (χ2v) is 4.31. The number of nitrogens with zero attached hydrogens (tertiary/aromatic N) is 2. The van der Waals surface area contributed by atoms with Gasteiger partial charge in [-0.3, -0.25) is 14.5 Å². The molecule has 1 aromatic rings. The molecule has 1 saturated heterocycles. The Morgan fingerprint density at radius 2 is 2.15 bits per heavy atom. The Labute approximate surface area is 112 Å². The maximum atomic E-state index is 12.6. The van der Waals surface area contributed by atoms with Gasteiger partial charge in [0, 0.05) is 13.0 Å². The molecule has 1 amide bonds. The number of carbonyl (C=O) groups excluding carboxylic acids is 2. The minimum Gasteiger partial charge on any atom is -0.469 e. The van der Waals surface area contributed by atoms with Crippen molar-refractivity contribution in [3.63, 3.8) is 0 Å². The van der Waals surface area contributed by atoms with E-state index >= 15 is 0 Å². The van der Waals surface area contributed by atoms with Crippen molar-refractivity contribution in [2.75, 3.05) is 18.6 Å². The van der Waals surface area contributed by atoms with Crippen molar-refractivity contribution >= 4 is 17.7 Å². The Hall–Kier alpha value is -2.12. The summed E-state index contributed by atoms with van der Waals surface area (Å²) in [5.74, 6) is -1.81. The van der Waals surface area contributed by atoms with Gasteiger partial charge in [-0.05, 0) is 12.1 Å². The highest BCUT2D eigenvalue weighted by atomic mass is 19.4. The number of hydrogen-bond acceptors (Lipinski definition) is 4. The third kappa shape index (κ3) is 2.73. The monoisotopic (exact) mass is 288 g/mol. The highest BCUT2D eigenvalue weighted by molar-refractivity contribution is 5.98. The minimum atomic E-state index is -4.58. The van der Waals surface area contributed by atoms with Gasteiger partial charge in [0.25, 0.3) is 0 Å². The van der Waals surface area contributed by atoms with Gasteiger partial charge in [0.05, 0.1) is 13.0 Å². The van der Waals surface area contributed by atoms with Crippen LogP contribution in [0.4, 0.5) is 19.0 Å². The number of halogens is 3. The van der Waals surface area contributed by atoms with Crippen LogP contribution < -0.4 is 4.90 Å². The van der Waals surface area contributed by atoms with Gasteiger partial charge in [-0.25, -0.2) is 4.98 Å². The molecule has 1 aromatic heterocycles. The molecular weight excluding hydrogens is 277 g/mol. The van der Waals surface area contributed by atoms with Crippen LogP contribution in [0.5, 0.6) is 0 Å². The number of alkyl halides is 3. The molecule has 1 unspecified atom stereocenters. The smallest absolute Gasteiger partial charge is 0.433 e. The van der Waals surface area contributed by atoms with Gasteiger partial charge in [0.15, 0.2) is 0 Å². The number of anilines is 1. The molecule has 1 atom stereocenters. The molecule has 0 saturated carbocycles. The van der Waals surface area contributed by atoms with E-state index in [1.54, 1.807) is 0 Å². The molecule has 0 bridgehead atoms. The van der Waals surface area contributed by atoms with Crippen LogP contribution in [0.25, 0.3) is 0 Å². The molecule has 2 rings (SSSR count). The summed E-state index contributed by atoms with van der Waals surface area (Å²) in [6, 6.07) is 3.29. The van der Waals surface area contributed by atoms with Gasteiger partial charge in [0.2, 0.25) is 5.91 Å². The molecule has 20 heavy (non-hydrogen) atoms. The van der Waals surface area contributed by atoms with Gasteiger partial charge < -0.3 is 4.74 Å². The average Bonchev–Trinajstić information content (AvgIpc) is 2.79. The lowest BCUT2D eigenvalue weighted by molar-refractivity contribution is -0.145. The summed E-state index contributed by atoms with van der Waals surface area (Å²) in [5, 5.41) is 0. The van der Waals surface area contributed by atoms with Crippen LogP contribution in [-0.4, -0.2) is 30.5 Å². The summed E-state index contributed by atoms with van der Waals surface area (Å²) in [4.78, 5) is 27.6. The Balaban J connectivity index is 2.24. The number of ether oxygens (including phenoxy) is 1. The molecule has 2 heterocycles. The van der Waals surface area contributed by atoms with E-state index in [-0.39, 0.29) is 18.8 Å². The number of pyridine rings is 1. The molecule has 8 heteroatoms. The van der Waals surface area contributed by atoms with Gasteiger partial charge >= 0.3 is 12.1 Å². The van der Waals surface area contributed by atoms with Crippen LogP contribution in [0.15, 0.2) is 18.2 Å². The predicted octanol–water partition coefficient (Wildman–Crippen LogP) is 1.63. The number of amides is 1. The molecule has 0 aliphatic carbocycles. The fraction of sp³-hybridized carbons (Fsp3) is 0.417. The summed E-state index contributed by atoms with van der Waals surface area (Å²) < 4.78 is 42.2. The van der Waals surface area contributed by atoms with Crippen LogP contribution in [0.3, 0.4) is 0 Å². The highest BCUT2D eigenvalue weighted by Gasteiger charge is 2.38. The van der Waals surface area contributed by atoms with Crippen molar-refractivity contribution < 1.29 is 27.5 Å². The van der Waals surface area contributed by atoms with E-state index in [0.717, 1.165) is 11.0 Å². The highest BCUT2D eigenvalue weighted by Crippen LogP contribution is 2.30. The number of rotatable bonds is 2. The molecule has 108 valence electrons. The molecule has 0 spiro atoms. The first-order chi connectivity index (χ1) is 9.32. The molecule has 1 aliphatic rings. The molecule has 0 aromatic carbocycles. The first-order valence-corrected chi connectivity index (χ1v) is 5.75. The van der Waals surface area contributed by atoms with E-state index in [9.17, 15) is 22.8 Å². The number of aromatic nitrogens is 1. The summed E-state index contributed by atoms with van der Waals surface area (Å²) in [5.41, 5.74) is -1.08. The van der Waals surface area contributed by atoms with E-state index in [0.29, 0.717) is 0 Å². The zero-order valence-electron chi connectivity index (χ0n) is 10.5. The van der Waals surface area contributed by atoms with Crippen molar-refractivity contribution in [1.29, 1.82) is 0 Å². The summed E-state index contributed by atoms with van der Waals surface area (Å²) in [6.45, 7) is -0.0280. The zero-order chi connectivity index (χ0) is 14.9. The topological polar surface area (TPSA) is 59.5 Å². The summed E-state index contributed by atoms with van der Waals surface area (Å²) in [7, 11) is 1.19. The summed E-state index contributed by atoms with van der Waals surface area (Å²) >= 11 is 0. The van der Waals surface area contributed by atoms with Crippen molar-refractivity contribution in [2.45, 2.75) is 12.6 Å². The zero-order valence-corrected chi connectivity index (χ0v) is 10.5. The van der Waals surface area contributed by atoms with E-state index in [1.165, 1.54) is 19.2 Å². The summed E-state index contributed by atoms with van der Waals surface area (Å²) in [6.07, 6.45) is -4.68. The Bertz CT molecular complexity index is 545. The molecule has 1 aliphatic heterocycles. The molecule has 5 nitrogen and oxygen atoms in total. The molecular formula is C12H11F3N2O3. The second kappa shape index (κ2) is 5.10. The lowest BCUT2D eigenvalue weighted by atomic mass is 10.1. The minimum absolute atomic E-state index is 0.0280. The van der Waals surface area contributed by atoms with Crippen LogP contribution in [0.2, 0.25) is 0 Å². The van der Waals surface area contributed by atoms with Crippen molar-refractivity contribution in [1.82, 2.24) is 4.98 Å². The fourth-order valence-corrected chi connectivity index (χ4v) is 1.99.